The maximum atomic E-state index is 13.6. The molecular weight excluding hydrogens is 1000 g/mol. The molecule has 77 heavy (non-hydrogen) atoms. The van der Waals surface area contributed by atoms with E-state index in [-0.39, 0.29) is 114 Å². The number of aromatic nitrogens is 4. The molecule has 6 rings (SSSR count). The van der Waals surface area contributed by atoms with Crippen molar-refractivity contribution in [3.8, 4) is 6.01 Å². The Morgan fingerprint density at radius 2 is 1.39 bits per heavy atom. The summed E-state index contributed by atoms with van der Waals surface area (Å²) < 4.78 is 28.9. The van der Waals surface area contributed by atoms with Crippen LogP contribution in [0.3, 0.4) is 0 Å². The highest BCUT2D eigenvalue weighted by Crippen LogP contribution is 2.20. The van der Waals surface area contributed by atoms with Crippen molar-refractivity contribution >= 4 is 64.3 Å². The lowest BCUT2D eigenvalue weighted by molar-refractivity contribution is -0.137. The van der Waals surface area contributed by atoms with Gasteiger partial charge >= 0.3 is 23.8 Å². The number of imide groups is 1. The second-order valence-electron chi connectivity index (χ2n) is 18.4. The Labute approximate surface area is 444 Å². The molecule has 0 unspecified atom stereocenters. The van der Waals surface area contributed by atoms with E-state index < -0.39 is 41.9 Å². The molecule has 0 bridgehead atoms. The molecule has 26 nitrogen and oxygen atoms in total. The van der Waals surface area contributed by atoms with Gasteiger partial charge in [0.15, 0.2) is 11.5 Å². The zero-order chi connectivity index (χ0) is 55.3. The van der Waals surface area contributed by atoms with Crippen molar-refractivity contribution in [2.24, 2.45) is 11.7 Å². The molecule has 416 valence electrons. The van der Waals surface area contributed by atoms with Crippen LogP contribution in [0.25, 0.3) is 11.2 Å². The molecule has 0 spiro atoms. The van der Waals surface area contributed by atoms with E-state index in [4.69, 9.17) is 35.2 Å². The molecule has 2 aliphatic rings. The third-order valence-electron chi connectivity index (χ3n) is 12.3. The van der Waals surface area contributed by atoms with Gasteiger partial charge < -0.3 is 66.3 Å². The van der Waals surface area contributed by atoms with Gasteiger partial charge in [-0.15, -0.1) is 0 Å². The maximum Gasteiger partial charge on any atom is 0.410 e. The summed E-state index contributed by atoms with van der Waals surface area (Å²) >= 11 is 0. The molecular formula is C51H69N13O13. The zero-order valence-electron chi connectivity index (χ0n) is 43.6. The highest BCUT2D eigenvalue weighted by atomic mass is 16.6. The molecule has 2 aromatic carbocycles. The molecule has 0 aliphatic carbocycles. The van der Waals surface area contributed by atoms with E-state index in [2.05, 4.69) is 41.1 Å². The Kier molecular flexibility index (Phi) is 22.3. The first-order valence-corrected chi connectivity index (χ1v) is 25.5. The number of hydrogen-bond donors (Lipinski definition) is 7. The van der Waals surface area contributed by atoms with Gasteiger partial charge in [-0.2, -0.15) is 9.97 Å². The number of H-pyrrole nitrogens is 1. The maximum absolute atomic E-state index is 13.6. The molecule has 0 saturated carbocycles. The van der Waals surface area contributed by atoms with E-state index >= 15 is 0 Å². The third kappa shape index (κ3) is 18.1. The fourth-order valence-electron chi connectivity index (χ4n) is 8.14. The van der Waals surface area contributed by atoms with Crippen molar-refractivity contribution in [2.45, 2.75) is 71.8 Å². The van der Waals surface area contributed by atoms with Gasteiger partial charge in [0.2, 0.25) is 17.7 Å². The van der Waals surface area contributed by atoms with Crippen LogP contribution in [0.2, 0.25) is 0 Å². The van der Waals surface area contributed by atoms with Crippen LogP contribution in [-0.4, -0.2) is 173 Å². The molecule has 4 heterocycles. The van der Waals surface area contributed by atoms with Gasteiger partial charge in [-0.05, 0) is 54.5 Å². The van der Waals surface area contributed by atoms with Crippen LogP contribution in [0.5, 0.6) is 6.01 Å². The van der Waals surface area contributed by atoms with Crippen molar-refractivity contribution < 1.29 is 57.2 Å². The Bertz CT molecular complexity index is 2720. The van der Waals surface area contributed by atoms with Gasteiger partial charge in [0.1, 0.15) is 24.2 Å². The van der Waals surface area contributed by atoms with Gasteiger partial charge in [-0.3, -0.25) is 38.3 Å². The quantitative estimate of drug-likeness (QED) is 0.0283. The van der Waals surface area contributed by atoms with Gasteiger partial charge in [0.05, 0.1) is 59.3 Å². The number of anilines is 2. The Balaban J connectivity index is 0.885. The number of aromatic amines is 1. The lowest BCUT2D eigenvalue weighted by Crippen LogP contribution is -2.54. The molecule has 2 aliphatic heterocycles. The summed E-state index contributed by atoms with van der Waals surface area (Å²) in [7, 11) is 0. The molecule has 9 N–H and O–H groups in total. The lowest BCUT2D eigenvalue weighted by atomic mass is 10.0. The fourth-order valence-corrected chi connectivity index (χ4v) is 8.14. The number of fused-ring (bicyclic) bond motifs is 1. The number of ether oxygens (including phenoxy) is 5. The molecule has 0 radical (unpaired) electrons. The molecule has 8 amide bonds. The zero-order valence-corrected chi connectivity index (χ0v) is 43.6. The summed E-state index contributed by atoms with van der Waals surface area (Å²) in [5.41, 5.74) is 14.7. The van der Waals surface area contributed by atoms with Crippen LogP contribution in [0.4, 0.5) is 21.1 Å². The summed E-state index contributed by atoms with van der Waals surface area (Å²) in [6.45, 7) is 10.4. The van der Waals surface area contributed by atoms with Gasteiger partial charge in [-0.1, -0.05) is 50.2 Å². The third-order valence-corrected chi connectivity index (χ3v) is 12.3. The number of imidazole rings is 1. The minimum absolute atomic E-state index is 0.00134. The van der Waals surface area contributed by atoms with Crippen molar-refractivity contribution in [1.29, 1.82) is 0 Å². The largest absolute Gasteiger partial charge is 0.464 e. The predicted octanol–water partition coefficient (Wildman–Crippen LogP) is 0.981. The smallest absolute Gasteiger partial charge is 0.410 e. The number of amides is 8. The van der Waals surface area contributed by atoms with Crippen molar-refractivity contribution in [2.75, 3.05) is 96.6 Å². The highest BCUT2D eigenvalue weighted by Gasteiger charge is 2.29. The van der Waals surface area contributed by atoms with Crippen molar-refractivity contribution in [3.05, 3.63) is 87.9 Å². The number of hydrogen-bond acceptors (Lipinski definition) is 17. The first-order chi connectivity index (χ1) is 37.1. The topological polar surface area (TPSA) is 339 Å². The molecule has 2 aromatic heterocycles. The fraction of sp³-hybridized carbons (Fsp3) is 0.490. The molecule has 1 saturated heterocycles. The van der Waals surface area contributed by atoms with Gasteiger partial charge in [0, 0.05) is 63.5 Å². The van der Waals surface area contributed by atoms with Crippen molar-refractivity contribution in [3.63, 3.8) is 0 Å². The van der Waals surface area contributed by atoms with E-state index in [9.17, 15) is 38.4 Å². The summed E-state index contributed by atoms with van der Waals surface area (Å²) in [5.74, 6) is -2.50. The predicted molar refractivity (Wildman–Crippen MR) is 280 cm³/mol. The van der Waals surface area contributed by atoms with Gasteiger partial charge in [-0.25, -0.2) is 14.4 Å². The van der Waals surface area contributed by atoms with Crippen LogP contribution >= 0.6 is 0 Å². The van der Waals surface area contributed by atoms with Crippen LogP contribution in [0.15, 0.2) is 65.5 Å². The molecule has 1 fully saturated rings. The lowest BCUT2D eigenvalue weighted by Gasteiger charge is -2.34. The number of nitrogens with zero attached hydrogens (tertiary/aromatic N) is 6. The molecule has 4 aromatic rings. The molecule has 26 heteroatoms. The second kappa shape index (κ2) is 29.4. The number of piperazine rings is 1. The number of primary amides is 1. The first kappa shape index (κ1) is 58.3. The van der Waals surface area contributed by atoms with Crippen LogP contribution in [-0.2, 0) is 62.6 Å². The normalized spacial score (nSPS) is 14.4. The Morgan fingerprint density at radius 3 is 2.03 bits per heavy atom. The summed E-state index contributed by atoms with van der Waals surface area (Å²) in [6.07, 6.45) is 2.37. The first-order valence-electron chi connectivity index (χ1n) is 25.5. The number of urea groups is 1. The SMILES string of the molecule is CCOc1nc(N)c2[nH]c(=O)n(Cc3ccc(CN4CCN(C(=O)OCc5ccc(NC(=O)[C@H](CCCNC(N)=O)NC(=O)[C@@H](NC(=O)CCOCCOCCOCCN6C(=O)C=CC6=O)C(C)C)cc5)CC4)cc3)c2n1. The van der Waals surface area contributed by atoms with E-state index in [0.717, 1.165) is 16.0 Å². The minimum Gasteiger partial charge on any atom is -0.464 e. The summed E-state index contributed by atoms with van der Waals surface area (Å²) in [5, 5.41) is 10.8. The number of carbonyl (C=O) groups is 7. The summed E-state index contributed by atoms with van der Waals surface area (Å²) in [4.78, 5) is 117. The van der Waals surface area contributed by atoms with Crippen molar-refractivity contribution in [1.82, 2.24) is 50.2 Å². The van der Waals surface area contributed by atoms with Crippen LogP contribution in [0.1, 0.15) is 56.7 Å². The van der Waals surface area contributed by atoms with E-state index in [1.807, 2.05) is 24.3 Å². The number of benzene rings is 2. The van der Waals surface area contributed by atoms with E-state index in [0.29, 0.717) is 68.2 Å². The number of nitrogens with two attached hydrogens (primary N) is 2. The minimum atomic E-state index is -1.05. The van der Waals surface area contributed by atoms with Crippen LogP contribution in [0, 0.1) is 5.92 Å². The number of nitrogen functional groups attached to an aromatic ring is 1. The Morgan fingerprint density at radius 1 is 0.766 bits per heavy atom. The average molecular weight is 1070 g/mol. The average Bonchev–Trinajstić information content (AvgIpc) is 3.90. The highest BCUT2D eigenvalue weighted by molar-refractivity contribution is 6.12. The number of nitrogens with one attached hydrogen (secondary N) is 5. The van der Waals surface area contributed by atoms with Gasteiger partial charge in [0.25, 0.3) is 11.8 Å². The second-order valence-corrected chi connectivity index (χ2v) is 18.4. The van der Waals surface area contributed by atoms with Crippen LogP contribution < -0.4 is 43.2 Å². The number of carbonyl (C=O) groups excluding carboxylic acids is 7. The van der Waals surface area contributed by atoms with E-state index in [1.54, 1.807) is 49.9 Å². The monoisotopic (exact) mass is 1070 g/mol. The number of rotatable bonds is 30. The summed E-state index contributed by atoms with van der Waals surface area (Å²) in [6, 6.07) is 12.0. The Hall–Kier alpha value is -7.94. The molecule has 2 atom stereocenters. The van der Waals surface area contributed by atoms with E-state index in [1.165, 1.54) is 16.7 Å². The standard InChI is InChI=1S/C51H69N13O13/c1-4-76-49-59-44(52)43-45(60-49)64(50(71)58-43)31-35-9-7-34(8-10-35)30-61-19-21-62(22-20-61)51(72)77-32-36-11-13-37(14-12-36)55-46(68)38(6-5-18-54-48(53)70)56-47(69)42(33(2)3)57-39(65)17-24-73-26-28-75-29-27-74-25-23-63-40(66)15-16-41(63)67/h7-16,33,38,42H,4-6,17-32H2,1-3H3,(H,55,68)(H,56,69)(H,57,65)(H,58,71)(H2,52,59,60)(H3,53,54,70)/t38-,42-/m0/s1.